The fraction of sp³-hybridized carbons (Fsp3) is 0.526. The molecule has 0 spiro atoms. The molecule has 1 aromatic rings. The van der Waals surface area contributed by atoms with Gasteiger partial charge in [-0.15, -0.1) is 11.8 Å². The van der Waals surface area contributed by atoms with Crippen LogP contribution in [0.15, 0.2) is 23.1 Å². The molecule has 10 heteroatoms. The zero-order chi connectivity index (χ0) is 21.0. The van der Waals surface area contributed by atoms with Gasteiger partial charge < -0.3 is 20.6 Å². The van der Waals surface area contributed by atoms with Crippen LogP contribution in [-0.4, -0.2) is 64.8 Å². The van der Waals surface area contributed by atoms with Crippen molar-refractivity contribution in [3.63, 3.8) is 0 Å². The summed E-state index contributed by atoms with van der Waals surface area (Å²) >= 11 is 7.15. The Bertz CT molecular complexity index is 804. The van der Waals surface area contributed by atoms with Gasteiger partial charge >= 0.3 is 5.97 Å². The number of carboxylic acids is 1. The molecule has 2 heterocycles. The fourth-order valence-corrected chi connectivity index (χ4v) is 4.88. The molecule has 0 aliphatic carbocycles. The zero-order valence-corrected chi connectivity index (χ0v) is 17.3. The molecule has 1 atom stereocenters. The number of likely N-dealkylation sites (tertiary alicyclic amines) is 1. The van der Waals surface area contributed by atoms with Crippen LogP contribution in [0.1, 0.15) is 25.7 Å². The quantitative estimate of drug-likeness (QED) is 0.581. The van der Waals surface area contributed by atoms with Crippen molar-refractivity contribution in [2.75, 3.05) is 25.4 Å². The Kier molecular flexibility index (Phi) is 7.02. The van der Waals surface area contributed by atoms with E-state index in [0.29, 0.717) is 50.2 Å². The molecule has 7 nitrogen and oxygen atoms in total. The van der Waals surface area contributed by atoms with Gasteiger partial charge in [0.25, 0.3) is 0 Å². The van der Waals surface area contributed by atoms with Gasteiger partial charge in [-0.3, -0.25) is 9.59 Å². The van der Waals surface area contributed by atoms with E-state index in [0.717, 1.165) is 11.8 Å². The summed E-state index contributed by atoms with van der Waals surface area (Å²) in [6, 6.07) is 3.10. The summed E-state index contributed by atoms with van der Waals surface area (Å²) in [5, 5.41) is 15.7. The highest BCUT2D eigenvalue weighted by Gasteiger charge is 2.47. The second-order valence-corrected chi connectivity index (χ2v) is 8.66. The molecule has 3 rings (SSSR count). The lowest BCUT2D eigenvalue weighted by Crippen LogP contribution is -2.64. The van der Waals surface area contributed by atoms with Crippen molar-refractivity contribution in [1.29, 1.82) is 0 Å². The number of hydrogen-bond donors (Lipinski definition) is 3. The van der Waals surface area contributed by atoms with Gasteiger partial charge in [-0.1, -0.05) is 11.6 Å². The van der Waals surface area contributed by atoms with Crippen molar-refractivity contribution in [3.8, 4) is 0 Å². The molecule has 2 aliphatic rings. The van der Waals surface area contributed by atoms with Crippen molar-refractivity contribution in [1.82, 2.24) is 15.5 Å². The van der Waals surface area contributed by atoms with Gasteiger partial charge in [-0.25, -0.2) is 9.18 Å². The summed E-state index contributed by atoms with van der Waals surface area (Å²) in [5.74, 6) is -2.15. The summed E-state index contributed by atoms with van der Waals surface area (Å²) in [5.41, 5.74) is -1.12. The van der Waals surface area contributed by atoms with E-state index < -0.39 is 23.4 Å². The van der Waals surface area contributed by atoms with E-state index in [9.17, 15) is 23.9 Å². The van der Waals surface area contributed by atoms with Gasteiger partial charge in [0.15, 0.2) is 0 Å². The van der Waals surface area contributed by atoms with Crippen LogP contribution in [0, 0.1) is 5.82 Å². The number of nitrogens with one attached hydrogen (secondary N) is 2. The number of rotatable bonds is 6. The molecule has 2 fully saturated rings. The minimum atomic E-state index is -1.12. The summed E-state index contributed by atoms with van der Waals surface area (Å²) in [6.07, 6.45) is 1.83. The average molecular weight is 444 g/mol. The number of benzene rings is 1. The smallest absolute Gasteiger partial charge is 0.326 e. The summed E-state index contributed by atoms with van der Waals surface area (Å²) in [6.45, 7) is 1.48. The second kappa shape index (κ2) is 9.32. The molecule has 0 saturated carbocycles. The molecule has 1 aromatic carbocycles. The minimum absolute atomic E-state index is 0.0101. The number of amides is 2. The number of halogens is 2. The van der Waals surface area contributed by atoms with Crippen LogP contribution in [0.25, 0.3) is 0 Å². The van der Waals surface area contributed by atoms with Crippen LogP contribution in [0.4, 0.5) is 4.39 Å². The lowest BCUT2D eigenvalue weighted by Gasteiger charge is -2.40. The standard InChI is InChI=1S/C19H23ClFN3O4S/c20-13-10-12(21)3-4-15(13)29-11-16(25)23-19(5-7-22-8-6-19)18(28)24-9-1-2-14(24)17(26)27/h3-4,10,14,22H,1-2,5-9,11H2,(H,23,25)(H,26,27). The predicted octanol–water partition coefficient (Wildman–Crippen LogP) is 1.89. The van der Waals surface area contributed by atoms with Crippen LogP contribution < -0.4 is 10.6 Å². The lowest BCUT2D eigenvalue weighted by molar-refractivity contribution is -0.152. The first-order chi connectivity index (χ1) is 13.8. The monoisotopic (exact) mass is 443 g/mol. The topological polar surface area (TPSA) is 98.7 Å². The molecule has 2 amide bonds. The van der Waals surface area contributed by atoms with Crippen molar-refractivity contribution in [2.24, 2.45) is 0 Å². The maximum atomic E-state index is 13.3. The van der Waals surface area contributed by atoms with Crippen LogP contribution in [0.2, 0.25) is 5.02 Å². The van der Waals surface area contributed by atoms with Crippen LogP contribution >= 0.6 is 23.4 Å². The Morgan fingerprint density at radius 3 is 2.72 bits per heavy atom. The maximum Gasteiger partial charge on any atom is 0.326 e. The number of hydrogen-bond acceptors (Lipinski definition) is 5. The van der Waals surface area contributed by atoms with E-state index in [1.807, 2.05) is 0 Å². The molecule has 29 heavy (non-hydrogen) atoms. The van der Waals surface area contributed by atoms with E-state index in [1.165, 1.54) is 23.1 Å². The number of carboxylic acid groups (broad SMARTS) is 1. The minimum Gasteiger partial charge on any atom is -0.480 e. The maximum absolute atomic E-state index is 13.3. The third kappa shape index (κ3) is 5.02. The normalized spacial score (nSPS) is 21.0. The third-order valence-electron chi connectivity index (χ3n) is 5.30. The third-order valence-corrected chi connectivity index (χ3v) is 6.79. The first-order valence-corrected chi connectivity index (χ1v) is 10.8. The van der Waals surface area contributed by atoms with Crippen molar-refractivity contribution in [3.05, 3.63) is 29.0 Å². The Balaban J connectivity index is 1.70. The van der Waals surface area contributed by atoms with Gasteiger partial charge in [0, 0.05) is 11.4 Å². The fourth-order valence-electron chi connectivity index (χ4n) is 3.83. The molecule has 3 N–H and O–H groups in total. The number of nitrogens with zero attached hydrogens (tertiary/aromatic N) is 1. The Morgan fingerprint density at radius 2 is 2.07 bits per heavy atom. The van der Waals surface area contributed by atoms with Gasteiger partial charge in [0.05, 0.1) is 10.8 Å². The van der Waals surface area contributed by atoms with Crippen LogP contribution in [0.3, 0.4) is 0 Å². The summed E-state index contributed by atoms with van der Waals surface area (Å²) in [4.78, 5) is 39.4. The molecular formula is C19H23ClFN3O4S. The van der Waals surface area contributed by atoms with Crippen molar-refractivity contribution in [2.45, 2.75) is 42.2 Å². The van der Waals surface area contributed by atoms with Gasteiger partial charge in [0.2, 0.25) is 11.8 Å². The van der Waals surface area contributed by atoms with Gasteiger partial charge in [-0.05, 0) is 57.0 Å². The molecule has 158 valence electrons. The van der Waals surface area contributed by atoms with Crippen molar-refractivity contribution >= 4 is 41.1 Å². The number of carbonyl (C=O) groups is 3. The highest BCUT2D eigenvalue weighted by atomic mass is 35.5. The van der Waals surface area contributed by atoms with Crippen LogP contribution in [0.5, 0.6) is 0 Å². The average Bonchev–Trinajstić information content (AvgIpc) is 3.17. The van der Waals surface area contributed by atoms with Gasteiger partial charge in [-0.2, -0.15) is 0 Å². The van der Waals surface area contributed by atoms with E-state index in [1.54, 1.807) is 0 Å². The number of piperidine rings is 1. The number of carbonyl (C=O) groups excluding carboxylic acids is 2. The molecule has 2 saturated heterocycles. The number of thioether (sulfide) groups is 1. The SMILES string of the molecule is O=C(CSc1ccc(F)cc1Cl)NC1(C(=O)N2CCCC2C(=O)O)CCNCC1. The first-order valence-electron chi connectivity index (χ1n) is 9.46. The highest BCUT2D eigenvalue weighted by Crippen LogP contribution is 2.29. The van der Waals surface area contributed by atoms with E-state index in [4.69, 9.17) is 11.6 Å². The van der Waals surface area contributed by atoms with Gasteiger partial charge in [0.1, 0.15) is 17.4 Å². The Hall–Kier alpha value is -1.84. The van der Waals surface area contributed by atoms with E-state index in [-0.39, 0.29) is 22.6 Å². The lowest BCUT2D eigenvalue weighted by atomic mass is 9.86. The van der Waals surface area contributed by atoms with Crippen molar-refractivity contribution < 1.29 is 23.9 Å². The van der Waals surface area contributed by atoms with E-state index in [2.05, 4.69) is 10.6 Å². The Labute approximate surface area is 177 Å². The second-order valence-electron chi connectivity index (χ2n) is 7.24. The molecule has 2 aliphatic heterocycles. The predicted molar refractivity (Wildman–Crippen MR) is 107 cm³/mol. The number of aliphatic carboxylic acids is 1. The van der Waals surface area contributed by atoms with Crippen LogP contribution in [-0.2, 0) is 14.4 Å². The molecule has 1 unspecified atom stereocenters. The van der Waals surface area contributed by atoms with E-state index >= 15 is 0 Å². The molecule has 0 radical (unpaired) electrons. The Morgan fingerprint density at radius 1 is 1.34 bits per heavy atom. The molecule has 0 bridgehead atoms. The largest absolute Gasteiger partial charge is 0.480 e. The molecule has 0 aromatic heterocycles. The summed E-state index contributed by atoms with van der Waals surface area (Å²) < 4.78 is 13.2. The zero-order valence-electron chi connectivity index (χ0n) is 15.7. The molecular weight excluding hydrogens is 421 g/mol. The summed E-state index contributed by atoms with van der Waals surface area (Å²) in [7, 11) is 0. The first kappa shape index (κ1) is 21.9. The highest BCUT2D eigenvalue weighted by molar-refractivity contribution is 8.00.